The molecule has 0 spiro atoms. The van der Waals surface area contributed by atoms with E-state index < -0.39 is 24.4 Å². The summed E-state index contributed by atoms with van der Waals surface area (Å²) in [7, 11) is 0. The lowest BCUT2D eigenvalue weighted by Gasteiger charge is -2.38. The molecule has 4 rings (SSSR count). The molecule has 0 aromatic carbocycles. The molecule has 4 fully saturated rings. The number of aliphatic hydroxyl groups is 4. The lowest BCUT2D eigenvalue weighted by Crippen LogP contribution is -2.39. The Bertz CT molecular complexity index is 552. The van der Waals surface area contributed by atoms with Crippen LogP contribution in [0.3, 0.4) is 0 Å². The molecule has 0 bridgehead atoms. The predicted molar refractivity (Wildman–Crippen MR) is 133 cm³/mol. The van der Waals surface area contributed by atoms with Crippen molar-refractivity contribution in [3.05, 3.63) is 0 Å². The zero-order valence-corrected chi connectivity index (χ0v) is 21.7. The summed E-state index contributed by atoms with van der Waals surface area (Å²) in [4.78, 5) is 0. The average molecular weight is 499 g/mol. The van der Waals surface area contributed by atoms with Gasteiger partial charge in [0.05, 0.1) is 42.7 Å². The highest BCUT2D eigenvalue weighted by Crippen LogP contribution is 2.34. The van der Waals surface area contributed by atoms with Gasteiger partial charge in [-0.3, -0.25) is 0 Å². The summed E-state index contributed by atoms with van der Waals surface area (Å²) < 4.78 is 19.1. The molecule has 6 unspecified atom stereocenters. The summed E-state index contributed by atoms with van der Waals surface area (Å²) in [6.07, 6.45) is 10.1. The summed E-state index contributed by atoms with van der Waals surface area (Å²) in [5, 5.41) is 40.1. The average Bonchev–Trinajstić information content (AvgIpc) is 2.80. The van der Waals surface area contributed by atoms with E-state index in [0.29, 0.717) is 63.8 Å². The second kappa shape index (κ2) is 13.5. The molecular formula is C28H50O7. The first-order chi connectivity index (χ1) is 16.8. The van der Waals surface area contributed by atoms with E-state index in [1.807, 2.05) is 0 Å². The van der Waals surface area contributed by atoms with Gasteiger partial charge in [-0.05, 0) is 107 Å². The summed E-state index contributed by atoms with van der Waals surface area (Å²) in [6, 6.07) is 0. The van der Waals surface area contributed by atoms with Crippen LogP contribution in [0.1, 0.15) is 90.4 Å². The molecule has 0 radical (unpaired) electrons. The van der Waals surface area contributed by atoms with Crippen molar-refractivity contribution in [3.63, 3.8) is 0 Å². The van der Waals surface area contributed by atoms with Crippen molar-refractivity contribution in [3.8, 4) is 0 Å². The first-order valence-corrected chi connectivity index (χ1v) is 14.4. The van der Waals surface area contributed by atoms with Crippen molar-refractivity contribution in [1.82, 2.24) is 0 Å². The maximum atomic E-state index is 10.0. The zero-order chi connectivity index (χ0) is 24.8. The highest BCUT2D eigenvalue weighted by molar-refractivity contribution is 4.84. The van der Waals surface area contributed by atoms with Gasteiger partial charge in [0, 0.05) is 19.8 Å². The molecular weight excluding hydrogens is 448 g/mol. The summed E-state index contributed by atoms with van der Waals surface area (Å²) in [5.41, 5.74) is 0. The molecule has 0 amide bonds. The Morgan fingerprint density at radius 3 is 1.26 bits per heavy atom. The molecule has 0 aliphatic heterocycles. The van der Waals surface area contributed by atoms with Crippen LogP contribution in [0.25, 0.3) is 0 Å². The molecule has 35 heavy (non-hydrogen) atoms. The largest absolute Gasteiger partial charge is 0.393 e. The first-order valence-electron chi connectivity index (χ1n) is 14.4. The third kappa shape index (κ3) is 9.20. The van der Waals surface area contributed by atoms with Crippen molar-refractivity contribution in [2.75, 3.05) is 19.8 Å². The molecule has 4 aliphatic carbocycles. The van der Waals surface area contributed by atoms with E-state index in [2.05, 4.69) is 6.92 Å². The van der Waals surface area contributed by atoms with Gasteiger partial charge in [0.2, 0.25) is 0 Å². The van der Waals surface area contributed by atoms with E-state index in [-0.39, 0.29) is 24.0 Å². The number of hydrogen-bond donors (Lipinski definition) is 4. The van der Waals surface area contributed by atoms with Crippen LogP contribution in [0.2, 0.25) is 0 Å². The molecule has 6 atom stereocenters. The van der Waals surface area contributed by atoms with Crippen molar-refractivity contribution in [1.29, 1.82) is 0 Å². The van der Waals surface area contributed by atoms with Crippen LogP contribution in [0.4, 0.5) is 0 Å². The third-order valence-corrected chi connectivity index (χ3v) is 8.89. The molecule has 4 N–H and O–H groups in total. The van der Waals surface area contributed by atoms with Crippen LogP contribution in [0, 0.1) is 23.7 Å². The fraction of sp³-hybridized carbons (Fsp3) is 1.00. The Labute approximate surface area is 211 Å². The highest BCUT2D eigenvalue weighted by Gasteiger charge is 2.34. The van der Waals surface area contributed by atoms with Crippen LogP contribution in [0.5, 0.6) is 0 Å². The number of hydrogen-bond acceptors (Lipinski definition) is 7. The lowest BCUT2D eigenvalue weighted by molar-refractivity contribution is -0.106. The minimum Gasteiger partial charge on any atom is -0.393 e. The maximum absolute atomic E-state index is 10.0. The molecule has 7 heteroatoms. The number of ether oxygens (including phenoxy) is 3. The molecule has 0 heterocycles. The van der Waals surface area contributed by atoms with Crippen LogP contribution in [0.15, 0.2) is 0 Å². The second-order valence-corrected chi connectivity index (χ2v) is 12.5. The maximum Gasteiger partial charge on any atom is 0.0603 e. The van der Waals surface area contributed by atoms with Crippen molar-refractivity contribution < 1.29 is 34.6 Å². The molecule has 4 aliphatic rings. The van der Waals surface area contributed by atoms with E-state index >= 15 is 0 Å². The van der Waals surface area contributed by atoms with Crippen molar-refractivity contribution in [2.45, 2.75) is 133 Å². The fourth-order valence-corrected chi connectivity index (χ4v) is 6.96. The molecule has 0 saturated heterocycles. The van der Waals surface area contributed by atoms with Crippen molar-refractivity contribution >= 4 is 0 Å². The Balaban J connectivity index is 1.28. The quantitative estimate of drug-likeness (QED) is 0.387. The minimum atomic E-state index is -0.435. The van der Waals surface area contributed by atoms with Gasteiger partial charge in [-0.25, -0.2) is 0 Å². The van der Waals surface area contributed by atoms with Gasteiger partial charge in [0.15, 0.2) is 0 Å². The topological polar surface area (TPSA) is 109 Å². The third-order valence-electron chi connectivity index (χ3n) is 8.89. The van der Waals surface area contributed by atoms with E-state index in [1.165, 1.54) is 12.8 Å². The van der Waals surface area contributed by atoms with Gasteiger partial charge in [0.1, 0.15) is 0 Å². The molecule has 0 aromatic rings. The van der Waals surface area contributed by atoms with Crippen LogP contribution in [-0.4, -0.2) is 83.0 Å². The van der Waals surface area contributed by atoms with Gasteiger partial charge in [0.25, 0.3) is 0 Å². The van der Waals surface area contributed by atoms with Gasteiger partial charge in [-0.15, -0.1) is 0 Å². The summed E-state index contributed by atoms with van der Waals surface area (Å²) >= 11 is 0. The molecule has 7 nitrogen and oxygen atoms in total. The van der Waals surface area contributed by atoms with Gasteiger partial charge >= 0.3 is 0 Å². The highest BCUT2D eigenvalue weighted by atomic mass is 16.5. The summed E-state index contributed by atoms with van der Waals surface area (Å²) in [6.45, 7) is 4.22. The van der Waals surface area contributed by atoms with Crippen LogP contribution < -0.4 is 0 Å². The van der Waals surface area contributed by atoms with E-state index in [1.54, 1.807) is 0 Å². The Kier molecular flexibility index (Phi) is 10.7. The minimum absolute atomic E-state index is 0.0903. The number of aliphatic hydroxyl groups excluding tert-OH is 4. The standard InChI is InChI=1S/C28H50O7/c1-18-2-4-26(5-3-18)33-17-21-10-27(34-15-19-6-22(29)12-23(30)7-19)14-28(11-21)35-16-20-8-24(31)13-25(32)9-20/h18-32H,2-17H2,1H3. The van der Waals surface area contributed by atoms with Crippen LogP contribution >= 0.6 is 0 Å². The van der Waals surface area contributed by atoms with Gasteiger partial charge < -0.3 is 34.6 Å². The number of rotatable bonds is 9. The molecule has 0 aromatic heterocycles. The normalized spacial score (nSPS) is 45.3. The Hall–Kier alpha value is -0.280. The van der Waals surface area contributed by atoms with E-state index in [9.17, 15) is 20.4 Å². The smallest absolute Gasteiger partial charge is 0.0603 e. The zero-order valence-electron chi connectivity index (χ0n) is 21.7. The van der Waals surface area contributed by atoms with Gasteiger partial charge in [-0.2, -0.15) is 0 Å². The van der Waals surface area contributed by atoms with E-state index in [4.69, 9.17) is 14.2 Å². The molecule has 4 saturated carbocycles. The van der Waals surface area contributed by atoms with Crippen molar-refractivity contribution in [2.24, 2.45) is 23.7 Å². The Morgan fingerprint density at radius 2 is 0.829 bits per heavy atom. The van der Waals surface area contributed by atoms with E-state index in [0.717, 1.165) is 44.6 Å². The SMILES string of the molecule is CC1CCC(OCC2CC(OCC3CC(O)CC(O)C3)CC(OCC3CC(O)CC(O)C3)C2)CC1. The summed E-state index contributed by atoms with van der Waals surface area (Å²) in [5.74, 6) is 1.59. The predicted octanol–water partition coefficient (Wildman–Crippen LogP) is 3.20. The van der Waals surface area contributed by atoms with Gasteiger partial charge in [-0.1, -0.05) is 6.92 Å². The second-order valence-electron chi connectivity index (χ2n) is 12.5. The monoisotopic (exact) mass is 498 g/mol. The first kappa shape index (κ1) is 27.7. The van der Waals surface area contributed by atoms with Crippen LogP contribution in [-0.2, 0) is 14.2 Å². The fourth-order valence-electron chi connectivity index (χ4n) is 6.96. The lowest BCUT2D eigenvalue weighted by atomic mass is 9.83. The Morgan fingerprint density at radius 1 is 0.457 bits per heavy atom. The molecule has 204 valence electrons.